The first kappa shape index (κ1) is 19.6. The van der Waals surface area contributed by atoms with Crippen LogP contribution in [-0.2, 0) is 19.4 Å². The van der Waals surface area contributed by atoms with Gasteiger partial charge >= 0.3 is 0 Å². The van der Waals surface area contributed by atoms with E-state index in [9.17, 15) is 4.79 Å². The number of fused-ring (bicyclic) bond motifs is 3. The van der Waals surface area contributed by atoms with E-state index in [2.05, 4.69) is 11.1 Å². The first-order valence-corrected chi connectivity index (χ1v) is 11.6. The van der Waals surface area contributed by atoms with E-state index >= 15 is 0 Å². The number of likely N-dealkylation sites (tertiary alicyclic amines) is 1. The lowest BCUT2D eigenvalue weighted by Gasteiger charge is -2.23. The molecule has 1 saturated heterocycles. The standard InChI is InChI=1S/C23H27N3O3S/c1-28-14-9-10-15(18(12-14)29-2)17-7-5-11-26(17)13-20-24-22(27)21-16-6-3-4-8-19(16)30-23(21)25-20/h9-10,12,17H,3-8,11,13H2,1-2H3,(H,24,25,27)/p+1/t17-/m0/s1. The topological polar surface area (TPSA) is 68.7 Å². The predicted octanol–water partition coefficient (Wildman–Crippen LogP) is 2.80. The second-order valence-electron chi connectivity index (χ2n) is 8.29. The number of benzene rings is 1. The molecule has 0 bridgehead atoms. The van der Waals surface area contributed by atoms with Crippen LogP contribution < -0.4 is 19.9 Å². The van der Waals surface area contributed by atoms with Crippen LogP contribution in [0, 0.1) is 0 Å². The smallest absolute Gasteiger partial charge is 0.260 e. The molecule has 1 fully saturated rings. The van der Waals surface area contributed by atoms with Gasteiger partial charge in [0.25, 0.3) is 5.56 Å². The van der Waals surface area contributed by atoms with Gasteiger partial charge in [0, 0.05) is 23.8 Å². The van der Waals surface area contributed by atoms with Gasteiger partial charge in [0.2, 0.25) is 0 Å². The van der Waals surface area contributed by atoms with Gasteiger partial charge < -0.3 is 19.4 Å². The zero-order chi connectivity index (χ0) is 20.7. The lowest BCUT2D eigenvalue weighted by Crippen LogP contribution is -3.09. The molecule has 1 aliphatic heterocycles. The number of nitrogens with zero attached hydrogens (tertiary/aromatic N) is 1. The fraction of sp³-hybridized carbons (Fsp3) is 0.478. The molecule has 3 aromatic rings. The number of ether oxygens (including phenoxy) is 2. The van der Waals surface area contributed by atoms with Crippen molar-refractivity contribution in [2.24, 2.45) is 0 Å². The van der Waals surface area contributed by atoms with E-state index in [1.165, 1.54) is 33.7 Å². The SMILES string of the molecule is COc1ccc([C@@H]2CCC[NH+]2Cc2nc3sc4c(c3c(=O)[nH]2)CCCC4)c(OC)c1. The number of aromatic amines is 1. The van der Waals surface area contributed by atoms with E-state index in [0.29, 0.717) is 12.6 Å². The van der Waals surface area contributed by atoms with Crippen LogP contribution in [0.1, 0.15) is 53.6 Å². The molecular formula is C23H28N3O3S+. The number of hydrogen-bond donors (Lipinski definition) is 2. The van der Waals surface area contributed by atoms with E-state index in [0.717, 1.165) is 59.8 Å². The summed E-state index contributed by atoms with van der Waals surface area (Å²) in [6.07, 6.45) is 6.72. The maximum Gasteiger partial charge on any atom is 0.260 e. The van der Waals surface area contributed by atoms with Crippen LogP contribution >= 0.6 is 11.3 Å². The Morgan fingerprint density at radius 2 is 2.07 bits per heavy atom. The van der Waals surface area contributed by atoms with Crippen LogP contribution in [0.2, 0.25) is 0 Å². The normalized spacial score (nSPS) is 21.0. The molecule has 3 heterocycles. The third-order valence-corrected chi connectivity index (χ3v) is 7.75. The van der Waals surface area contributed by atoms with Gasteiger partial charge in [-0.1, -0.05) is 0 Å². The number of nitrogens with one attached hydrogen (secondary N) is 2. The number of thiophene rings is 1. The maximum atomic E-state index is 12.9. The Morgan fingerprint density at radius 3 is 2.90 bits per heavy atom. The van der Waals surface area contributed by atoms with Crippen LogP contribution in [0.5, 0.6) is 11.5 Å². The fourth-order valence-corrected chi connectivity index (χ4v) is 6.39. The van der Waals surface area contributed by atoms with Crippen molar-refractivity contribution in [1.29, 1.82) is 0 Å². The lowest BCUT2D eigenvalue weighted by molar-refractivity contribution is -0.932. The number of H-pyrrole nitrogens is 1. The van der Waals surface area contributed by atoms with Crippen molar-refractivity contribution in [3.05, 3.63) is 50.4 Å². The summed E-state index contributed by atoms with van der Waals surface area (Å²) >= 11 is 1.72. The summed E-state index contributed by atoms with van der Waals surface area (Å²) in [4.78, 5) is 24.6. The van der Waals surface area contributed by atoms with Gasteiger partial charge in [-0.2, -0.15) is 0 Å². The summed E-state index contributed by atoms with van der Waals surface area (Å²) in [6, 6.07) is 6.38. The Hall–Kier alpha value is -2.38. The molecule has 1 unspecified atom stereocenters. The zero-order valence-electron chi connectivity index (χ0n) is 17.5. The van der Waals surface area contributed by atoms with Gasteiger partial charge in [0.1, 0.15) is 28.9 Å². The molecule has 0 amide bonds. The first-order valence-electron chi connectivity index (χ1n) is 10.8. The molecule has 30 heavy (non-hydrogen) atoms. The highest BCUT2D eigenvalue weighted by Gasteiger charge is 2.33. The number of quaternary nitrogens is 1. The van der Waals surface area contributed by atoms with Gasteiger partial charge in [-0.15, -0.1) is 11.3 Å². The van der Waals surface area contributed by atoms with Crippen molar-refractivity contribution in [2.75, 3.05) is 20.8 Å². The van der Waals surface area contributed by atoms with Gasteiger partial charge in [-0.05, 0) is 43.4 Å². The monoisotopic (exact) mass is 426 g/mol. The van der Waals surface area contributed by atoms with Gasteiger partial charge in [0.05, 0.1) is 31.7 Å². The third kappa shape index (κ3) is 3.40. The minimum absolute atomic E-state index is 0.0339. The highest BCUT2D eigenvalue weighted by Crippen LogP contribution is 2.34. The minimum atomic E-state index is 0.0339. The molecule has 2 aliphatic rings. The lowest BCUT2D eigenvalue weighted by atomic mass is 9.97. The second-order valence-corrected chi connectivity index (χ2v) is 9.38. The highest BCUT2D eigenvalue weighted by molar-refractivity contribution is 7.18. The van der Waals surface area contributed by atoms with Crippen LogP contribution in [0.15, 0.2) is 23.0 Å². The zero-order valence-corrected chi connectivity index (χ0v) is 18.4. The molecule has 2 atom stereocenters. The molecule has 2 aromatic heterocycles. The average Bonchev–Trinajstić information content (AvgIpc) is 3.37. The van der Waals surface area contributed by atoms with Crippen molar-refractivity contribution < 1.29 is 14.4 Å². The molecule has 158 valence electrons. The summed E-state index contributed by atoms with van der Waals surface area (Å²) in [5, 5.41) is 0.836. The summed E-state index contributed by atoms with van der Waals surface area (Å²) in [5.74, 6) is 2.45. The second kappa shape index (κ2) is 8.04. The maximum absolute atomic E-state index is 12.9. The van der Waals surface area contributed by atoms with Crippen LogP contribution in [0.25, 0.3) is 10.2 Å². The van der Waals surface area contributed by atoms with Crippen molar-refractivity contribution >= 4 is 21.6 Å². The third-order valence-electron chi connectivity index (χ3n) is 6.57. The largest absolute Gasteiger partial charge is 0.497 e. The molecule has 0 spiro atoms. The Labute approximate surface area is 179 Å². The van der Waals surface area contributed by atoms with Crippen molar-refractivity contribution in [3.8, 4) is 11.5 Å². The van der Waals surface area contributed by atoms with Crippen molar-refractivity contribution in [1.82, 2.24) is 9.97 Å². The van der Waals surface area contributed by atoms with E-state index < -0.39 is 0 Å². The fourth-order valence-electron chi connectivity index (χ4n) is 5.11. The van der Waals surface area contributed by atoms with Gasteiger partial charge in [-0.25, -0.2) is 4.98 Å². The molecule has 6 nitrogen and oxygen atoms in total. The molecule has 5 rings (SSSR count). The number of aromatic nitrogens is 2. The predicted molar refractivity (Wildman–Crippen MR) is 118 cm³/mol. The van der Waals surface area contributed by atoms with Crippen LogP contribution in [0.4, 0.5) is 0 Å². The molecule has 7 heteroatoms. The summed E-state index contributed by atoms with van der Waals surface area (Å²) in [6.45, 7) is 1.77. The quantitative estimate of drug-likeness (QED) is 0.658. The summed E-state index contributed by atoms with van der Waals surface area (Å²) < 4.78 is 11.0. The highest BCUT2D eigenvalue weighted by atomic mass is 32.1. The number of aryl methyl sites for hydroxylation is 2. The molecule has 0 saturated carbocycles. The number of rotatable bonds is 5. The average molecular weight is 427 g/mol. The molecule has 1 aromatic carbocycles. The van der Waals surface area contributed by atoms with Crippen LogP contribution in [-0.4, -0.2) is 30.7 Å². The van der Waals surface area contributed by atoms with E-state index in [4.69, 9.17) is 14.5 Å². The van der Waals surface area contributed by atoms with Crippen LogP contribution in [0.3, 0.4) is 0 Å². The van der Waals surface area contributed by atoms with E-state index in [1.807, 2.05) is 12.1 Å². The Bertz CT molecular complexity index is 1140. The summed E-state index contributed by atoms with van der Waals surface area (Å²) in [7, 11) is 3.38. The van der Waals surface area contributed by atoms with Gasteiger partial charge in [-0.3, -0.25) is 4.79 Å². The minimum Gasteiger partial charge on any atom is -0.497 e. The molecular weight excluding hydrogens is 398 g/mol. The Morgan fingerprint density at radius 1 is 1.20 bits per heavy atom. The summed E-state index contributed by atoms with van der Waals surface area (Å²) in [5.41, 5.74) is 2.48. The van der Waals surface area contributed by atoms with Crippen molar-refractivity contribution in [2.45, 2.75) is 51.1 Å². The first-order chi connectivity index (χ1) is 14.7. The Balaban J connectivity index is 1.45. The van der Waals surface area contributed by atoms with Gasteiger partial charge in [0.15, 0.2) is 5.82 Å². The molecule has 1 aliphatic carbocycles. The molecule has 0 radical (unpaired) electrons. The van der Waals surface area contributed by atoms with E-state index in [1.54, 1.807) is 25.6 Å². The van der Waals surface area contributed by atoms with E-state index in [-0.39, 0.29) is 5.56 Å². The number of hydrogen-bond acceptors (Lipinski definition) is 5. The molecule has 2 N–H and O–H groups in total. The van der Waals surface area contributed by atoms with Crippen molar-refractivity contribution in [3.63, 3.8) is 0 Å². The Kier molecular flexibility index (Phi) is 5.25. The number of methoxy groups -OCH3 is 2.